The summed E-state index contributed by atoms with van der Waals surface area (Å²) in [4.78, 5) is 12.1. The highest BCUT2D eigenvalue weighted by molar-refractivity contribution is 5.59. The minimum Gasteiger partial charge on any atom is -0.386 e. The first-order valence-electron chi connectivity index (χ1n) is 5.49. The molecule has 1 saturated heterocycles. The maximum Gasteiger partial charge on any atom is 0.330 e. The Morgan fingerprint density at radius 2 is 2.18 bits per heavy atom. The van der Waals surface area contributed by atoms with Gasteiger partial charge in [0.05, 0.1) is 18.0 Å². The molecule has 0 atom stereocenters. The lowest BCUT2D eigenvalue weighted by Crippen LogP contribution is -2.65. The lowest BCUT2D eigenvalue weighted by atomic mass is 9.83. The van der Waals surface area contributed by atoms with Crippen molar-refractivity contribution < 1.29 is 10.0 Å². The van der Waals surface area contributed by atoms with E-state index in [2.05, 4.69) is 5.10 Å². The minimum absolute atomic E-state index is 0.0155. The molecule has 2 rings (SSSR count). The number of aliphatic hydroxyl groups is 1. The number of β-amino-alcohol motifs (C(OH)–C–C–N with tert-alkyl or cyclic N) is 1. The number of aromatic nitrogens is 2. The number of nitro groups is 1. The Balaban J connectivity index is 2.19. The van der Waals surface area contributed by atoms with Crippen LogP contribution < -0.4 is 4.90 Å². The van der Waals surface area contributed by atoms with Crippen molar-refractivity contribution >= 4 is 11.5 Å². The topological polar surface area (TPSA) is 84.4 Å². The highest BCUT2D eigenvalue weighted by atomic mass is 16.6. The first-order valence-corrected chi connectivity index (χ1v) is 5.49. The fraction of sp³-hybridized carbons (Fsp3) is 0.700. The second-order valence-electron chi connectivity index (χ2n) is 4.88. The average molecular weight is 240 g/mol. The zero-order valence-electron chi connectivity index (χ0n) is 10.1. The Morgan fingerprint density at radius 1 is 1.59 bits per heavy atom. The van der Waals surface area contributed by atoms with Gasteiger partial charge in [-0.2, -0.15) is 0 Å². The number of nitrogens with zero attached hydrogens (tertiary/aromatic N) is 4. The van der Waals surface area contributed by atoms with E-state index in [-0.39, 0.29) is 11.6 Å². The predicted octanol–water partition coefficient (Wildman–Crippen LogP) is 0.535. The van der Waals surface area contributed by atoms with Gasteiger partial charge in [0, 0.05) is 7.05 Å². The molecule has 0 bridgehead atoms. The van der Waals surface area contributed by atoms with E-state index >= 15 is 0 Å². The normalized spacial score (nSPS) is 18.3. The van der Waals surface area contributed by atoms with Gasteiger partial charge in [-0.25, -0.2) is 0 Å². The zero-order valence-corrected chi connectivity index (χ0v) is 10.1. The lowest BCUT2D eigenvalue weighted by Gasteiger charge is -2.48. The Labute approximate surface area is 98.8 Å². The molecule has 0 radical (unpaired) electrons. The van der Waals surface area contributed by atoms with Gasteiger partial charge >= 0.3 is 5.69 Å². The monoisotopic (exact) mass is 240 g/mol. The summed E-state index contributed by atoms with van der Waals surface area (Å²) >= 11 is 0. The standard InChI is InChI=1S/C10H16N4O3/c1-7(2)10(15)5-13(6-10)9-8(14(16)17)4-12(3)11-9/h4,7,15H,5-6H2,1-3H3. The van der Waals surface area contributed by atoms with Gasteiger partial charge in [-0.15, -0.1) is 5.10 Å². The maximum absolute atomic E-state index is 10.8. The molecular weight excluding hydrogens is 224 g/mol. The molecule has 0 saturated carbocycles. The molecule has 0 aromatic carbocycles. The molecule has 0 amide bonds. The molecule has 0 aliphatic carbocycles. The summed E-state index contributed by atoms with van der Waals surface area (Å²) in [7, 11) is 1.64. The van der Waals surface area contributed by atoms with E-state index in [1.165, 1.54) is 10.9 Å². The number of anilines is 1. The van der Waals surface area contributed by atoms with Gasteiger partial charge in [-0.1, -0.05) is 13.8 Å². The van der Waals surface area contributed by atoms with E-state index in [1.54, 1.807) is 11.9 Å². The van der Waals surface area contributed by atoms with Gasteiger partial charge in [0.2, 0.25) is 5.82 Å². The van der Waals surface area contributed by atoms with E-state index in [1.807, 2.05) is 13.8 Å². The van der Waals surface area contributed by atoms with Crippen molar-refractivity contribution in [3.05, 3.63) is 16.3 Å². The van der Waals surface area contributed by atoms with Crippen LogP contribution in [0.1, 0.15) is 13.8 Å². The van der Waals surface area contributed by atoms with Crippen LogP contribution in [-0.2, 0) is 7.05 Å². The molecule has 1 aliphatic rings. The summed E-state index contributed by atoms with van der Waals surface area (Å²) in [6, 6.07) is 0. The molecule has 17 heavy (non-hydrogen) atoms. The largest absolute Gasteiger partial charge is 0.386 e. The molecule has 2 heterocycles. The fourth-order valence-corrected chi connectivity index (χ4v) is 1.95. The fourth-order valence-electron chi connectivity index (χ4n) is 1.95. The van der Waals surface area contributed by atoms with Gasteiger partial charge in [-0.3, -0.25) is 14.8 Å². The van der Waals surface area contributed by atoms with Crippen LogP contribution in [-0.4, -0.2) is 38.5 Å². The van der Waals surface area contributed by atoms with Crippen LogP contribution in [0, 0.1) is 16.0 Å². The molecule has 0 spiro atoms. The summed E-state index contributed by atoms with van der Waals surface area (Å²) in [5.74, 6) is 0.462. The van der Waals surface area contributed by atoms with E-state index in [4.69, 9.17) is 0 Å². The highest BCUT2D eigenvalue weighted by Gasteiger charge is 2.46. The third-order valence-corrected chi connectivity index (χ3v) is 3.29. The molecule has 0 unspecified atom stereocenters. The quantitative estimate of drug-likeness (QED) is 0.615. The summed E-state index contributed by atoms with van der Waals surface area (Å²) in [5.41, 5.74) is -0.774. The highest BCUT2D eigenvalue weighted by Crippen LogP contribution is 2.36. The molecule has 1 aliphatic heterocycles. The number of hydrogen-bond acceptors (Lipinski definition) is 5. The molecule has 1 fully saturated rings. The Bertz CT molecular complexity index is 448. The van der Waals surface area contributed by atoms with E-state index in [0.29, 0.717) is 18.9 Å². The average Bonchev–Trinajstić information content (AvgIpc) is 2.54. The van der Waals surface area contributed by atoms with Crippen molar-refractivity contribution in [2.45, 2.75) is 19.4 Å². The Kier molecular flexibility index (Phi) is 2.57. The predicted molar refractivity (Wildman–Crippen MR) is 61.9 cm³/mol. The molecule has 1 N–H and O–H groups in total. The van der Waals surface area contributed by atoms with Crippen LogP contribution in [0.2, 0.25) is 0 Å². The number of rotatable bonds is 3. The molecule has 94 valence electrons. The van der Waals surface area contributed by atoms with Crippen LogP contribution in [0.25, 0.3) is 0 Å². The number of aryl methyl sites for hydroxylation is 1. The molecule has 1 aromatic heterocycles. The minimum atomic E-state index is -0.759. The van der Waals surface area contributed by atoms with Crippen molar-refractivity contribution in [1.82, 2.24) is 9.78 Å². The van der Waals surface area contributed by atoms with E-state index in [9.17, 15) is 15.2 Å². The smallest absolute Gasteiger partial charge is 0.330 e. The van der Waals surface area contributed by atoms with E-state index < -0.39 is 10.5 Å². The second kappa shape index (κ2) is 3.69. The number of hydrogen-bond donors (Lipinski definition) is 1. The van der Waals surface area contributed by atoms with E-state index in [0.717, 1.165) is 0 Å². The Morgan fingerprint density at radius 3 is 2.65 bits per heavy atom. The van der Waals surface area contributed by atoms with Gasteiger partial charge in [0.1, 0.15) is 11.8 Å². The van der Waals surface area contributed by atoms with Crippen molar-refractivity contribution in [3.8, 4) is 0 Å². The van der Waals surface area contributed by atoms with Crippen LogP contribution in [0.15, 0.2) is 6.20 Å². The first-order chi connectivity index (χ1) is 7.83. The maximum atomic E-state index is 10.8. The molecule has 7 heteroatoms. The molecule has 7 nitrogen and oxygen atoms in total. The third-order valence-electron chi connectivity index (χ3n) is 3.29. The van der Waals surface area contributed by atoms with Gasteiger partial charge in [0.15, 0.2) is 0 Å². The second-order valence-corrected chi connectivity index (χ2v) is 4.88. The van der Waals surface area contributed by atoms with Crippen molar-refractivity contribution in [2.24, 2.45) is 13.0 Å². The van der Waals surface area contributed by atoms with Gasteiger partial charge in [-0.05, 0) is 5.92 Å². The third kappa shape index (κ3) is 1.86. The Hall–Kier alpha value is -1.63. The first kappa shape index (κ1) is 11.8. The molecular formula is C10H16N4O3. The van der Waals surface area contributed by atoms with Crippen molar-refractivity contribution in [3.63, 3.8) is 0 Å². The van der Waals surface area contributed by atoms with Crippen molar-refractivity contribution in [1.29, 1.82) is 0 Å². The summed E-state index contributed by atoms with van der Waals surface area (Å²) < 4.78 is 1.42. The van der Waals surface area contributed by atoms with Crippen LogP contribution >= 0.6 is 0 Å². The van der Waals surface area contributed by atoms with Crippen LogP contribution in [0.4, 0.5) is 11.5 Å². The van der Waals surface area contributed by atoms with Gasteiger partial charge in [0.25, 0.3) is 0 Å². The summed E-state index contributed by atoms with van der Waals surface area (Å²) in [5, 5.41) is 25.0. The SMILES string of the molecule is CC(C)C1(O)CN(c2nn(C)cc2[N+](=O)[O-])C1. The van der Waals surface area contributed by atoms with Crippen LogP contribution in [0.5, 0.6) is 0 Å². The van der Waals surface area contributed by atoms with Crippen molar-refractivity contribution in [2.75, 3.05) is 18.0 Å². The zero-order chi connectivity index (χ0) is 12.8. The summed E-state index contributed by atoms with van der Waals surface area (Å²) in [6.45, 7) is 4.65. The lowest BCUT2D eigenvalue weighted by molar-refractivity contribution is -0.384. The van der Waals surface area contributed by atoms with Gasteiger partial charge < -0.3 is 10.0 Å². The van der Waals surface area contributed by atoms with Crippen LogP contribution in [0.3, 0.4) is 0 Å². The summed E-state index contributed by atoms with van der Waals surface area (Å²) in [6.07, 6.45) is 1.38. The molecule has 1 aromatic rings.